The number of aromatic nitrogens is 2. The molecule has 0 unspecified atom stereocenters. The molecule has 1 N–H and O–H groups in total. The molecule has 1 amide bonds. The highest BCUT2D eigenvalue weighted by Crippen LogP contribution is 2.23. The number of carbonyl (C=O) groups is 1. The highest BCUT2D eigenvalue weighted by Gasteiger charge is 2.23. The molecule has 1 heterocycles. The third kappa shape index (κ3) is 4.98. The molecule has 1 aromatic heterocycles. The highest BCUT2D eigenvalue weighted by molar-refractivity contribution is 5.78. The Morgan fingerprint density at radius 2 is 1.93 bits per heavy atom. The van der Waals surface area contributed by atoms with Gasteiger partial charge in [-0.2, -0.15) is 5.10 Å². The van der Waals surface area contributed by atoms with E-state index in [1.807, 2.05) is 29.8 Å². The molecule has 5 nitrogen and oxygen atoms in total. The van der Waals surface area contributed by atoms with Crippen molar-refractivity contribution in [3.63, 3.8) is 0 Å². The van der Waals surface area contributed by atoms with Crippen LogP contribution in [-0.4, -0.2) is 39.7 Å². The average molecular weight is 369 g/mol. The summed E-state index contributed by atoms with van der Waals surface area (Å²) >= 11 is 0. The average Bonchev–Trinajstić information content (AvgIpc) is 3.28. The van der Waals surface area contributed by atoms with Gasteiger partial charge in [0.25, 0.3) is 0 Å². The van der Waals surface area contributed by atoms with E-state index in [2.05, 4.69) is 41.3 Å². The zero-order valence-electron chi connectivity index (χ0n) is 16.9. The van der Waals surface area contributed by atoms with Gasteiger partial charge in [-0.25, -0.2) is 0 Å². The Labute approximate surface area is 162 Å². The second-order valence-corrected chi connectivity index (χ2v) is 7.57. The minimum absolute atomic E-state index is 0.110. The van der Waals surface area contributed by atoms with Crippen molar-refractivity contribution in [2.24, 2.45) is 0 Å². The summed E-state index contributed by atoms with van der Waals surface area (Å²) in [7, 11) is 0. The van der Waals surface area contributed by atoms with Gasteiger partial charge in [-0.3, -0.25) is 14.4 Å². The maximum Gasteiger partial charge on any atom is 0.234 e. The number of rotatable bonds is 8. The number of hydrogen-bond acceptors (Lipinski definition) is 3. The zero-order valence-corrected chi connectivity index (χ0v) is 16.9. The monoisotopic (exact) mass is 368 g/mol. The maximum atomic E-state index is 12.5. The van der Waals surface area contributed by atoms with Gasteiger partial charge in [-0.1, -0.05) is 50.1 Å². The van der Waals surface area contributed by atoms with Gasteiger partial charge >= 0.3 is 0 Å². The first-order chi connectivity index (χ1) is 13.1. The summed E-state index contributed by atoms with van der Waals surface area (Å²) in [5.41, 5.74) is 4.48. The predicted molar refractivity (Wildman–Crippen MR) is 109 cm³/mol. The Kier molecular flexibility index (Phi) is 6.67. The Morgan fingerprint density at radius 3 is 2.59 bits per heavy atom. The summed E-state index contributed by atoms with van der Waals surface area (Å²) in [6.07, 6.45) is 5.04. The first-order valence-corrected chi connectivity index (χ1v) is 10.2. The molecule has 0 spiro atoms. The third-order valence-corrected chi connectivity index (χ3v) is 5.76. The number of hydrogen-bond donors (Lipinski definition) is 1. The zero-order chi connectivity index (χ0) is 19.2. The lowest BCUT2D eigenvalue weighted by Crippen LogP contribution is -2.41. The Hall–Kier alpha value is -2.14. The second kappa shape index (κ2) is 9.18. The number of aryl methyl sites for hydroxylation is 1. The third-order valence-electron chi connectivity index (χ3n) is 5.76. The van der Waals surface area contributed by atoms with Crippen molar-refractivity contribution in [3.8, 4) is 0 Å². The SMILES string of the molecule is CCN(CC(=O)NCc1c(C)nn(Cc2ccccc2)c1C)C1CCCC1. The lowest BCUT2D eigenvalue weighted by atomic mass is 10.2. The number of nitrogens with one attached hydrogen (secondary N) is 1. The molecule has 0 saturated heterocycles. The Morgan fingerprint density at radius 1 is 1.22 bits per heavy atom. The Bertz CT molecular complexity index is 747. The molecule has 146 valence electrons. The van der Waals surface area contributed by atoms with E-state index in [9.17, 15) is 4.79 Å². The van der Waals surface area contributed by atoms with E-state index in [1.54, 1.807) is 0 Å². The number of benzene rings is 1. The van der Waals surface area contributed by atoms with Crippen molar-refractivity contribution >= 4 is 5.91 Å². The molecule has 2 aromatic rings. The van der Waals surface area contributed by atoms with Gasteiger partial charge in [0.05, 0.1) is 18.8 Å². The molecule has 1 saturated carbocycles. The first-order valence-electron chi connectivity index (χ1n) is 10.2. The van der Waals surface area contributed by atoms with Gasteiger partial charge in [0.15, 0.2) is 0 Å². The fraction of sp³-hybridized carbons (Fsp3) is 0.545. The van der Waals surface area contributed by atoms with Crippen molar-refractivity contribution < 1.29 is 4.79 Å². The fourth-order valence-corrected chi connectivity index (χ4v) is 4.10. The minimum Gasteiger partial charge on any atom is -0.351 e. The summed E-state index contributed by atoms with van der Waals surface area (Å²) < 4.78 is 2.03. The highest BCUT2D eigenvalue weighted by atomic mass is 16.2. The second-order valence-electron chi connectivity index (χ2n) is 7.57. The molecule has 1 aliphatic carbocycles. The van der Waals surface area contributed by atoms with Crippen LogP contribution in [0.1, 0.15) is 55.1 Å². The predicted octanol–water partition coefficient (Wildman–Crippen LogP) is 3.43. The van der Waals surface area contributed by atoms with Crippen LogP contribution in [0, 0.1) is 13.8 Å². The van der Waals surface area contributed by atoms with Crippen LogP contribution in [0.5, 0.6) is 0 Å². The lowest BCUT2D eigenvalue weighted by Gasteiger charge is -2.26. The van der Waals surface area contributed by atoms with E-state index in [-0.39, 0.29) is 5.91 Å². The summed E-state index contributed by atoms with van der Waals surface area (Å²) in [6, 6.07) is 10.9. The van der Waals surface area contributed by atoms with E-state index < -0.39 is 0 Å². The summed E-state index contributed by atoms with van der Waals surface area (Å²) in [5, 5.41) is 7.79. The van der Waals surface area contributed by atoms with Crippen LogP contribution in [-0.2, 0) is 17.9 Å². The quantitative estimate of drug-likeness (QED) is 0.777. The maximum absolute atomic E-state index is 12.5. The lowest BCUT2D eigenvalue weighted by molar-refractivity contribution is -0.122. The van der Waals surface area contributed by atoms with E-state index in [1.165, 1.54) is 31.2 Å². The summed E-state index contributed by atoms with van der Waals surface area (Å²) in [5.74, 6) is 0.110. The smallest absolute Gasteiger partial charge is 0.234 e. The largest absolute Gasteiger partial charge is 0.351 e. The molecular formula is C22H32N4O. The van der Waals surface area contributed by atoms with Gasteiger partial charge in [0, 0.05) is 23.8 Å². The first kappa shape index (κ1) is 19.6. The van der Waals surface area contributed by atoms with Crippen molar-refractivity contribution in [1.82, 2.24) is 20.0 Å². The van der Waals surface area contributed by atoms with Crippen LogP contribution >= 0.6 is 0 Å². The van der Waals surface area contributed by atoms with Gasteiger partial charge < -0.3 is 5.32 Å². The number of carbonyl (C=O) groups excluding carboxylic acids is 1. The standard InChI is InChI=1S/C22H32N4O/c1-4-25(20-12-8-9-13-20)16-22(27)23-14-21-17(2)24-26(18(21)3)15-19-10-6-5-7-11-19/h5-7,10-11,20H,4,8-9,12-16H2,1-3H3,(H,23,27). The summed E-state index contributed by atoms with van der Waals surface area (Å²) in [4.78, 5) is 14.8. The number of amides is 1. The molecule has 0 bridgehead atoms. The van der Waals surface area contributed by atoms with Gasteiger partial charge in [0.2, 0.25) is 5.91 Å². The normalized spacial score (nSPS) is 14.8. The van der Waals surface area contributed by atoms with Gasteiger partial charge in [-0.15, -0.1) is 0 Å². The molecule has 5 heteroatoms. The Balaban J connectivity index is 1.58. The van der Waals surface area contributed by atoms with Crippen LogP contribution in [0.2, 0.25) is 0 Å². The molecule has 0 atom stereocenters. The van der Waals surface area contributed by atoms with Crippen LogP contribution in [0.25, 0.3) is 0 Å². The minimum atomic E-state index is 0.110. The molecule has 3 rings (SSSR count). The molecule has 27 heavy (non-hydrogen) atoms. The number of likely N-dealkylation sites (N-methyl/N-ethyl adjacent to an activating group) is 1. The van der Waals surface area contributed by atoms with E-state index >= 15 is 0 Å². The van der Waals surface area contributed by atoms with Crippen molar-refractivity contribution in [2.75, 3.05) is 13.1 Å². The number of nitrogens with zero attached hydrogens (tertiary/aromatic N) is 3. The fourth-order valence-electron chi connectivity index (χ4n) is 4.10. The molecule has 1 fully saturated rings. The van der Waals surface area contributed by atoms with Crippen LogP contribution in [0.4, 0.5) is 0 Å². The van der Waals surface area contributed by atoms with Crippen molar-refractivity contribution in [2.45, 2.75) is 65.6 Å². The molecule has 0 radical (unpaired) electrons. The van der Waals surface area contributed by atoms with Crippen molar-refractivity contribution in [3.05, 3.63) is 52.8 Å². The van der Waals surface area contributed by atoms with Gasteiger partial charge in [-0.05, 0) is 38.8 Å². The topological polar surface area (TPSA) is 50.2 Å². The molecule has 1 aromatic carbocycles. The van der Waals surface area contributed by atoms with E-state index in [0.29, 0.717) is 19.1 Å². The van der Waals surface area contributed by atoms with E-state index in [0.717, 1.165) is 30.0 Å². The summed E-state index contributed by atoms with van der Waals surface area (Å²) in [6.45, 7) is 8.99. The van der Waals surface area contributed by atoms with Crippen LogP contribution in [0.3, 0.4) is 0 Å². The van der Waals surface area contributed by atoms with Gasteiger partial charge in [0.1, 0.15) is 0 Å². The van der Waals surface area contributed by atoms with Crippen LogP contribution in [0.15, 0.2) is 30.3 Å². The molecule has 0 aliphatic heterocycles. The van der Waals surface area contributed by atoms with E-state index in [4.69, 9.17) is 0 Å². The molecule has 1 aliphatic rings. The molecular weight excluding hydrogens is 336 g/mol. The van der Waals surface area contributed by atoms with Crippen molar-refractivity contribution in [1.29, 1.82) is 0 Å². The van der Waals surface area contributed by atoms with Crippen LogP contribution < -0.4 is 5.32 Å².